The zero-order valence-electron chi connectivity index (χ0n) is 18.2. The van der Waals surface area contributed by atoms with Crippen molar-refractivity contribution in [3.8, 4) is 11.5 Å². The number of ether oxygens (including phenoxy) is 2. The number of methoxy groups -OCH3 is 1. The zero-order chi connectivity index (χ0) is 25.4. The zero-order valence-corrected chi connectivity index (χ0v) is 20.4. The molecule has 3 aromatic carbocycles. The van der Waals surface area contributed by atoms with E-state index >= 15 is 0 Å². The molecule has 0 aliphatic carbocycles. The van der Waals surface area contributed by atoms with Gasteiger partial charge in [0, 0.05) is 5.02 Å². The minimum absolute atomic E-state index is 0.146. The molecule has 11 heteroatoms. The molecule has 0 radical (unpaired) electrons. The van der Waals surface area contributed by atoms with Crippen molar-refractivity contribution in [2.75, 3.05) is 13.7 Å². The summed E-state index contributed by atoms with van der Waals surface area (Å²) in [5, 5.41) is 7.13. The SMILES string of the molecule is COc1cc(/C=N/NC(=O)CNC(=O)c2ccccc2Cl)ccc1OC(=O)c1ccc(Cl)cc1Cl. The predicted octanol–water partition coefficient (Wildman–Crippen LogP) is 4.75. The molecule has 3 rings (SSSR count). The number of carbonyl (C=O) groups is 3. The van der Waals surface area contributed by atoms with Gasteiger partial charge in [0.2, 0.25) is 0 Å². The van der Waals surface area contributed by atoms with E-state index in [0.717, 1.165) is 0 Å². The van der Waals surface area contributed by atoms with Crippen molar-refractivity contribution in [2.45, 2.75) is 0 Å². The highest BCUT2D eigenvalue weighted by Gasteiger charge is 2.16. The van der Waals surface area contributed by atoms with Gasteiger partial charge in [0.05, 0.1) is 41.0 Å². The summed E-state index contributed by atoms with van der Waals surface area (Å²) in [5.74, 6) is -1.29. The van der Waals surface area contributed by atoms with E-state index in [1.165, 1.54) is 37.6 Å². The van der Waals surface area contributed by atoms with Crippen molar-refractivity contribution >= 4 is 58.8 Å². The van der Waals surface area contributed by atoms with Gasteiger partial charge in [0.1, 0.15) is 0 Å². The van der Waals surface area contributed by atoms with Crippen molar-refractivity contribution in [1.82, 2.24) is 10.7 Å². The molecule has 2 N–H and O–H groups in total. The summed E-state index contributed by atoms with van der Waals surface area (Å²) in [6, 6.07) is 15.6. The Morgan fingerprint density at radius 3 is 2.40 bits per heavy atom. The van der Waals surface area contributed by atoms with Crippen LogP contribution in [0.5, 0.6) is 11.5 Å². The molecule has 180 valence electrons. The minimum Gasteiger partial charge on any atom is -0.493 e. The van der Waals surface area contributed by atoms with Crippen LogP contribution < -0.4 is 20.2 Å². The van der Waals surface area contributed by atoms with Crippen molar-refractivity contribution in [3.63, 3.8) is 0 Å². The lowest BCUT2D eigenvalue weighted by molar-refractivity contribution is -0.120. The highest BCUT2D eigenvalue weighted by Crippen LogP contribution is 2.30. The lowest BCUT2D eigenvalue weighted by Crippen LogP contribution is -2.35. The monoisotopic (exact) mass is 533 g/mol. The molecule has 0 bridgehead atoms. The molecule has 0 atom stereocenters. The Kier molecular flexibility index (Phi) is 9.08. The number of esters is 1. The molecule has 2 amide bonds. The first-order valence-electron chi connectivity index (χ1n) is 9.98. The number of benzene rings is 3. The van der Waals surface area contributed by atoms with E-state index in [-0.39, 0.29) is 39.2 Å². The van der Waals surface area contributed by atoms with Crippen LogP contribution in [0, 0.1) is 0 Å². The van der Waals surface area contributed by atoms with Crippen LogP contribution in [0.2, 0.25) is 15.1 Å². The Labute approximate surface area is 215 Å². The predicted molar refractivity (Wildman–Crippen MR) is 134 cm³/mol. The molecular weight excluding hydrogens is 517 g/mol. The highest BCUT2D eigenvalue weighted by atomic mass is 35.5. The summed E-state index contributed by atoms with van der Waals surface area (Å²) in [6.07, 6.45) is 1.36. The topological polar surface area (TPSA) is 106 Å². The van der Waals surface area contributed by atoms with E-state index in [1.54, 1.807) is 36.4 Å². The standard InChI is InChI=1S/C24H18Cl3N3O5/c1-34-21-10-14(6-9-20(21)35-24(33)17-8-7-15(25)11-19(17)27)12-29-30-22(31)13-28-23(32)16-4-2-3-5-18(16)26/h2-12H,13H2,1H3,(H,28,32)(H,30,31)/b29-12+. The van der Waals surface area contributed by atoms with Gasteiger partial charge in [0.15, 0.2) is 11.5 Å². The lowest BCUT2D eigenvalue weighted by atomic mass is 10.2. The van der Waals surface area contributed by atoms with E-state index < -0.39 is 17.8 Å². The normalized spacial score (nSPS) is 10.6. The van der Waals surface area contributed by atoms with Gasteiger partial charge in [-0.2, -0.15) is 5.10 Å². The average Bonchev–Trinajstić information content (AvgIpc) is 2.83. The fourth-order valence-electron chi connectivity index (χ4n) is 2.78. The van der Waals surface area contributed by atoms with Gasteiger partial charge in [-0.05, 0) is 54.1 Å². The molecule has 0 aliphatic heterocycles. The molecule has 0 aliphatic rings. The Bertz CT molecular complexity index is 1300. The number of carbonyl (C=O) groups excluding carboxylic acids is 3. The van der Waals surface area contributed by atoms with Gasteiger partial charge in [-0.3, -0.25) is 9.59 Å². The van der Waals surface area contributed by atoms with Crippen molar-refractivity contribution < 1.29 is 23.9 Å². The van der Waals surface area contributed by atoms with E-state index in [2.05, 4.69) is 15.8 Å². The van der Waals surface area contributed by atoms with Gasteiger partial charge in [-0.25, -0.2) is 10.2 Å². The third kappa shape index (κ3) is 7.19. The fraction of sp³-hybridized carbons (Fsp3) is 0.0833. The average molecular weight is 535 g/mol. The molecule has 0 saturated heterocycles. The summed E-state index contributed by atoms with van der Waals surface area (Å²) in [5.41, 5.74) is 3.26. The van der Waals surface area contributed by atoms with Gasteiger partial charge >= 0.3 is 5.97 Å². The Hall–Kier alpha value is -3.59. The second-order valence-corrected chi connectivity index (χ2v) is 8.13. The van der Waals surface area contributed by atoms with Crippen molar-refractivity contribution in [1.29, 1.82) is 0 Å². The Morgan fingerprint density at radius 2 is 1.69 bits per heavy atom. The van der Waals surface area contributed by atoms with Crippen LogP contribution in [0.15, 0.2) is 65.8 Å². The second-order valence-electron chi connectivity index (χ2n) is 6.88. The van der Waals surface area contributed by atoms with Crippen LogP contribution in [0.1, 0.15) is 26.3 Å². The third-order valence-corrected chi connectivity index (χ3v) is 5.35. The summed E-state index contributed by atoms with van der Waals surface area (Å²) in [4.78, 5) is 36.5. The lowest BCUT2D eigenvalue weighted by Gasteiger charge is -2.10. The van der Waals surface area contributed by atoms with Gasteiger partial charge < -0.3 is 14.8 Å². The number of hydrogen-bond acceptors (Lipinski definition) is 6. The van der Waals surface area contributed by atoms with Crippen LogP contribution in [-0.4, -0.2) is 37.7 Å². The molecule has 0 spiro atoms. The quantitative estimate of drug-likeness (QED) is 0.188. The third-order valence-electron chi connectivity index (χ3n) is 4.47. The minimum atomic E-state index is -0.683. The Morgan fingerprint density at radius 1 is 0.914 bits per heavy atom. The van der Waals surface area contributed by atoms with Crippen LogP contribution >= 0.6 is 34.8 Å². The Balaban J connectivity index is 1.57. The summed E-state index contributed by atoms with van der Waals surface area (Å²) < 4.78 is 10.7. The number of nitrogens with one attached hydrogen (secondary N) is 2. The van der Waals surface area contributed by atoms with Gasteiger partial charge in [0.25, 0.3) is 11.8 Å². The molecule has 0 heterocycles. The van der Waals surface area contributed by atoms with Crippen LogP contribution in [0.4, 0.5) is 0 Å². The van der Waals surface area contributed by atoms with Crippen LogP contribution in [0.3, 0.4) is 0 Å². The van der Waals surface area contributed by atoms with Crippen LogP contribution in [-0.2, 0) is 4.79 Å². The highest BCUT2D eigenvalue weighted by molar-refractivity contribution is 6.36. The number of amides is 2. The second kappa shape index (κ2) is 12.2. The summed E-state index contributed by atoms with van der Waals surface area (Å²) in [6.45, 7) is -0.299. The molecule has 0 aromatic heterocycles. The molecule has 0 fully saturated rings. The molecule has 35 heavy (non-hydrogen) atoms. The molecule has 0 saturated carbocycles. The number of rotatable bonds is 8. The fourth-order valence-corrected chi connectivity index (χ4v) is 3.49. The van der Waals surface area contributed by atoms with Gasteiger partial charge in [-0.15, -0.1) is 0 Å². The maximum Gasteiger partial charge on any atom is 0.345 e. The van der Waals surface area contributed by atoms with Crippen LogP contribution in [0.25, 0.3) is 0 Å². The van der Waals surface area contributed by atoms with E-state index in [1.807, 2.05) is 0 Å². The van der Waals surface area contributed by atoms with Crippen molar-refractivity contribution in [2.24, 2.45) is 5.10 Å². The largest absolute Gasteiger partial charge is 0.493 e. The number of hydrazone groups is 1. The van der Waals surface area contributed by atoms with E-state index in [4.69, 9.17) is 44.3 Å². The maximum atomic E-state index is 12.4. The molecular formula is C24H18Cl3N3O5. The first-order chi connectivity index (χ1) is 16.8. The number of nitrogens with zero attached hydrogens (tertiary/aromatic N) is 1. The first-order valence-corrected chi connectivity index (χ1v) is 11.1. The molecule has 8 nitrogen and oxygen atoms in total. The number of halogens is 3. The summed E-state index contributed by atoms with van der Waals surface area (Å²) >= 11 is 17.9. The first kappa shape index (κ1) is 26.0. The number of hydrogen-bond donors (Lipinski definition) is 2. The van der Waals surface area contributed by atoms with Gasteiger partial charge in [-0.1, -0.05) is 46.9 Å². The summed E-state index contributed by atoms with van der Waals surface area (Å²) in [7, 11) is 1.41. The van der Waals surface area contributed by atoms with Crippen molar-refractivity contribution in [3.05, 3.63) is 92.4 Å². The van der Waals surface area contributed by atoms with E-state index in [0.29, 0.717) is 10.6 Å². The molecule has 0 unspecified atom stereocenters. The molecule has 3 aromatic rings. The smallest absolute Gasteiger partial charge is 0.345 e. The maximum absolute atomic E-state index is 12.4. The van der Waals surface area contributed by atoms with E-state index in [9.17, 15) is 14.4 Å².